The van der Waals surface area contributed by atoms with E-state index in [1.807, 2.05) is 36.4 Å². The number of rotatable bonds is 6. The lowest BCUT2D eigenvalue weighted by Crippen LogP contribution is -2.30. The van der Waals surface area contributed by atoms with E-state index >= 15 is 0 Å². The highest BCUT2D eigenvalue weighted by atomic mass is 32.2. The standard InChI is InChI=1S/C21H18FNO3S/c1-14(26-20(24)13-27-19-12-5-4-10-17(19)22)21(25)23-18-11-6-8-15-7-2-3-9-16(15)18/h2-12,14H,13H2,1H3,(H,23,25)/t14-/m1/s1. The van der Waals surface area contributed by atoms with Gasteiger partial charge in [0.1, 0.15) is 5.82 Å². The van der Waals surface area contributed by atoms with Gasteiger partial charge in [-0.2, -0.15) is 0 Å². The van der Waals surface area contributed by atoms with Crippen LogP contribution < -0.4 is 5.32 Å². The minimum atomic E-state index is -0.960. The van der Waals surface area contributed by atoms with E-state index in [9.17, 15) is 14.0 Å². The van der Waals surface area contributed by atoms with E-state index in [1.54, 1.807) is 24.3 Å². The van der Waals surface area contributed by atoms with Gasteiger partial charge in [-0.05, 0) is 30.5 Å². The second-order valence-corrected chi connectivity index (χ2v) is 6.88. The monoisotopic (exact) mass is 383 g/mol. The van der Waals surface area contributed by atoms with Gasteiger partial charge < -0.3 is 10.1 Å². The molecule has 0 aliphatic heterocycles. The Morgan fingerprint density at radius 1 is 1.04 bits per heavy atom. The number of halogens is 1. The first-order valence-electron chi connectivity index (χ1n) is 8.40. The molecular formula is C21H18FNO3S. The van der Waals surface area contributed by atoms with Crippen LogP contribution in [0.5, 0.6) is 0 Å². The molecular weight excluding hydrogens is 365 g/mol. The number of hydrogen-bond donors (Lipinski definition) is 1. The summed E-state index contributed by atoms with van der Waals surface area (Å²) in [6.45, 7) is 1.51. The van der Waals surface area contributed by atoms with Crippen LogP contribution in [0.25, 0.3) is 10.8 Å². The molecule has 0 bridgehead atoms. The van der Waals surface area contributed by atoms with Gasteiger partial charge in [0.05, 0.1) is 5.75 Å². The Labute approximate surface area is 160 Å². The van der Waals surface area contributed by atoms with Gasteiger partial charge in [-0.25, -0.2) is 4.39 Å². The van der Waals surface area contributed by atoms with Crippen LogP contribution in [0.1, 0.15) is 6.92 Å². The highest BCUT2D eigenvalue weighted by Crippen LogP contribution is 2.24. The van der Waals surface area contributed by atoms with Gasteiger partial charge in [0.2, 0.25) is 0 Å². The Balaban J connectivity index is 1.57. The first-order valence-corrected chi connectivity index (χ1v) is 9.38. The number of ether oxygens (including phenoxy) is 1. The summed E-state index contributed by atoms with van der Waals surface area (Å²) in [5.74, 6) is -1.47. The number of benzene rings is 3. The van der Waals surface area contributed by atoms with Crippen molar-refractivity contribution in [1.29, 1.82) is 0 Å². The number of carbonyl (C=O) groups excluding carboxylic acids is 2. The summed E-state index contributed by atoms with van der Waals surface area (Å²) in [4.78, 5) is 24.7. The third-order valence-electron chi connectivity index (χ3n) is 3.91. The van der Waals surface area contributed by atoms with Gasteiger partial charge in [-0.1, -0.05) is 48.5 Å². The zero-order valence-corrected chi connectivity index (χ0v) is 15.5. The first-order chi connectivity index (χ1) is 13.0. The van der Waals surface area contributed by atoms with Crippen molar-refractivity contribution in [2.45, 2.75) is 17.9 Å². The van der Waals surface area contributed by atoms with Crippen LogP contribution in [-0.4, -0.2) is 23.7 Å². The van der Waals surface area contributed by atoms with E-state index in [0.717, 1.165) is 22.5 Å². The van der Waals surface area contributed by atoms with Crippen LogP contribution in [0.4, 0.5) is 10.1 Å². The predicted octanol–water partition coefficient (Wildman–Crippen LogP) is 4.64. The molecule has 0 aliphatic carbocycles. The van der Waals surface area contributed by atoms with E-state index in [-0.39, 0.29) is 5.75 Å². The van der Waals surface area contributed by atoms with Crippen molar-refractivity contribution in [2.75, 3.05) is 11.1 Å². The van der Waals surface area contributed by atoms with E-state index in [1.165, 1.54) is 13.0 Å². The number of anilines is 1. The predicted molar refractivity (Wildman–Crippen MR) is 105 cm³/mol. The molecule has 0 heterocycles. The van der Waals surface area contributed by atoms with Gasteiger partial charge in [0.25, 0.3) is 5.91 Å². The Morgan fingerprint density at radius 3 is 2.56 bits per heavy atom. The molecule has 0 aromatic heterocycles. The molecule has 0 unspecified atom stereocenters. The molecule has 1 atom stereocenters. The van der Waals surface area contributed by atoms with Gasteiger partial charge in [-0.3, -0.25) is 9.59 Å². The molecule has 0 radical (unpaired) electrons. The van der Waals surface area contributed by atoms with Crippen molar-refractivity contribution in [3.8, 4) is 0 Å². The number of fused-ring (bicyclic) bond motifs is 1. The largest absolute Gasteiger partial charge is 0.452 e. The Kier molecular flexibility index (Phi) is 6.08. The molecule has 1 N–H and O–H groups in total. The quantitative estimate of drug-likeness (QED) is 0.498. The lowest BCUT2D eigenvalue weighted by molar-refractivity contribution is -0.150. The van der Waals surface area contributed by atoms with Crippen LogP contribution in [0.15, 0.2) is 71.6 Å². The second kappa shape index (κ2) is 8.68. The summed E-state index contributed by atoms with van der Waals surface area (Å²) >= 11 is 1.03. The van der Waals surface area contributed by atoms with Crippen molar-refractivity contribution in [3.05, 3.63) is 72.5 Å². The Morgan fingerprint density at radius 2 is 1.74 bits per heavy atom. The first kappa shape index (κ1) is 18.9. The average molecular weight is 383 g/mol. The van der Waals surface area contributed by atoms with Gasteiger partial charge in [0, 0.05) is 16.0 Å². The minimum Gasteiger partial charge on any atom is -0.452 e. The summed E-state index contributed by atoms with van der Waals surface area (Å²) in [7, 11) is 0. The zero-order valence-electron chi connectivity index (χ0n) is 14.6. The van der Waals surface area contributed by atoms with Crippen molar-refractivity contribution in [1.82, 2.24) is 0 Å². The van der Waals surface area contributed by atoms with Crippen molar-refractivity contribution < 1.29 is 18.7 Å². The number of nitrogens with one attached hydrogen (secondary N) is 1. The highest BCUT2D eigenvalue weighted by molar-refractivity contribution is 8.00. The van der Waals surface area contributed by atoms with Crippen molar-refractivity contribution >= 4 is 40.1 Å². The molecule has 3 aromatic carbocycles. The number of thioether (sulfide) groups is 1. The van der Waals surface area contributed by atoms with Crippen LogP contribution in [0.2, 0.25) is 0 Å². The lowest BCUT2D eigenvalue weighted by atomic mass is 10.1. The third kappa shape index (κ3) is 4.86. The molecule has 6 heteroatoms. The van der Waals surface area contributed by atoms with Crippen LogP contribution in [-0.2, 0) is 14.3 Å². The molecule has 138 valence electrons. The number of esters is 1. The highest BCUT2D eigenvalue weighted by Gasteiger charge is 2.19. The van der Waals surface area contributed by atoms with E-state index in [2.05, 4.69) is 5.32 Å². The molecule has 0 fully saturated rings. The number of hydrogen-bond acceptors (Lipinski definition) is 4. The smallest absolute Gasteiger partial charge is 0.317 e. The topological polar surface area (TPSA) is 55.4 Å². The molecule has 3 rings (SSSR count). The van der Waals surface area contributed by atoms with Crippen molar-refractivity contribution in [3.63, 3.8) is 0 Å². The Hall–Kier alpha value is -2.86. The summed E-state index contributed by atoms with van der Waals surface area (Å²) in [6.07, 6.45) is -0.960. The number of amides is 1. The maximum Gasteiger partial charge on any atom is 0.317 e. The molecule has 0 saturated heterocycles. The second-order valence-electron chi connectivity index (χ2n) is 5.87. The summed E-state index contributed by atoms with van der Waals surface area (Å²) < 4.78 is 18.7. The number of carbonyl (C=O) groups is 2. The maximum atomic E-state index is 13.6. The molecule has 4 nitrogen and oxygen atoms in total. The summed E-state index contributed by atoms with van der Waals surface area (Å²) in [6, 6.07) is 19.5. The van der Waals surface area contributed by atoms with Crippen LogP contribution in [0.3, 0.4) is 0 Å². The molecule has 0 spiro atoms. The molecule has 0 saturated carbocycles. The van der Waals surface area contributed by atoms with Gasteiger partial charge >= 0.3 is 5.97 Å². The molecule has 3 aromatic rings. The fraction of sp³-hybridized carbons (Fsp3) is 0.143. The Bertz CT molecular complexity index is 971. The fourth-order valence-corrected chi connectivity index (χ4v) is 3.27. The molecule has 0 aliphatic rings. The van der Waals surface area contributed by atoms with Crippen molar-refractivity contribution in [2.24, 2.45) is 0 Å². The minimum absolute atomic E-state index is 0.0766. The van der Waals surface area contributed by atoms with E-state index in [4.69, 9.17) is 4.74 Å². The normalized spacial score (nSPS) is 11.8. The van der Waals surface area contributed by atoms with Gasteiger partial charge in [-0.15, -0.1) is 11.8 Å². The molecule has 27 heavy (non-hydrogen) atoms. The fourth-order valence-electron chi connectivity index (χ4n) is 2.55. The average Bonchev–Trinajstić information content (AvgIpc) is 2.67. The lowest BCUT2D eigenvalue weighted by Gasteiger charge is -2.14. The van der Waals surface area contributed by atoms with E-state index < -0.39 is 23.8 Å². The van der Waals surface area contributed by atoms with Crippen LogP contribution >= 0.6 is 11.8 Å². The SMILES string of the molecule is C[C@@H](OC(=O)CSc1ccccc1F)C(=O)Nc1cccc2ccccc12. The van der Waals surface area contributed by atoms with Crippen LogP contribution in [0, 0.1) is 5.82 Å². The summed E-state index contributed by atoms with van der Waals surface area (Å²) in [5.41, 5.74) is 0.654. The maximum absolute atomic E-state index is 13.6. The third-order valence-corrected chi connectivity index (χ3v) is 4.93. The molecule has 1 amide bonds. The zero-order chi connectivity index (χ0) is 19.2. The summed E-state index contributed by atoms with van der Waals surface area (Å²) in [5, 5.41) is 4.70. The van der Waals surface area contributed by atoms with Gasteiger partial charge in [0.15, 0.2) is 6.10 Å². The van der Waals surface area contributed by atoms with E-state index in [0.29, 0.717) is 10.6 Å².